The number of hydrogen-bond acceptors (Lipinski definition) is 4. The average Bonchev–Trinajstić information content (AvgIpc) is 2.74. The van der Waals surface area contributed by atoms with Crippen molar-refractivity contribution in [3.05, 3.63) is 65.6 Å². The van der Waals surface area contributed by atoms with Gasteiger partial charge in [-0.15, -0.1) is 0 Å². The van der Waals surface area contributed by atoms with Crippen molar-refractivity contribution in [3.63, 3.8) is 0 Å². The summed E-state index contributed by atoms with van der Waals surface area (Å²) in [7, 11) is 1.50. The van der Waals surface area contributed by atoms with Crippen molar-refractivity contribution in [2.24, 2.45) is 0 Å². The molecule has 1 aliphatic rings. The Labute approximate surface area is 183 Å². The molecule has 0 radical (unpaired) electrons. The monoisotopic (exact) mass is 445 g/mol. The number of hydrogen-bond donors (Lipinski definition) is 0. The highest BCUT2D eigenvalue weighted by atomic mass is 19.4. The second-order valence-electron chi connectivity index (χ2n) is 8.24. The van der Waals surface area contributed by atoms with E-state index in [1.54, 1.807) is 23.1 Å². The topological polar surface area (TPSA) is 36.4 Å². The van der Waals surface area contributed by atoms with Gasteiger partial charge in [-0.2, -0.15) is 13.2 Å². The second-order valence-corrected chi connectivity index (χ2v) is 8.24. The van der Waals surface area contributed by atoms with Gasteiger partial charge >= 0.3 is 6.18 Å². The number of ketones is 1. The first kappa shape index (κ1) is 22.4. The summed E-state index contributed by atoms with van der Waals surface area (Å²) in [4.78, 5) is 19.6. The van der Waals surface area contributed by atoms with Gasteiger partial charge in [0, 0.05) is 38.5 Å². The Kier molecular flexibility index (Phi) is 6.01. The number of pyridine rings is 1. The van der Waals surface area contributed by atoms with E-state index >= 15 is 0 Å². The molecule has 3 aromatic rings. The van der Waals surface area contributed by atoms with Crippen LogP contribution in [0.3, 0.4) is 0 Å². The van der Waals surface area contributed by atoms with Crippen LogP contribution >= 0.6 is 0 Å². The fourth-order valence-electron chi connectivity index (χ4n) is 4.11. The third-order valence-corrected chi connectivity index (χ3v) is 5.91. The molecule has 8 heteroatoms. The minimum absolute atomic E-state index is 0.0974. The van der Waals surface area contributed by atoms with E-state index in [1.165, 1.54) is 31.0 Å². The van der Waals surface area contributed by atoms with Gasteiger partial charge in [-0.3, -0.25) is 14.6 Å². The Bertz CT molecular complexity index is 1140. The van der Waals surface area contributed by atoms with Gasteiger partial charge < -0.3 is 0 Å². The molecular formula is C24H23F4N3O. The zero-order valence-corrected chi connectivity index (χ0v) is 17.8. The predicted molar refractivity (Wildman–Crippen MR) is 115 cm³/mol. The first-order chi connectivity index (χ1) is 15.1. The van der Waals surface area contributed by atoms with E-state index in [4.69, 9.17) is 0 Å². The first-order valence-corrected chi connectivity index (χ1v) is 10.3. The van der Waals surface area contributed by atoms with Crippen LogP contribution < -0.4 is 0 Å². The van der Waals surface area contributed by atoms with Crippen molar-refractivity contribution in [2.45, 2.75) is 25.7 Å². The minimum atomic E-state index is -4.28. The third-order valence-electron chi connectivity index (χ3n) is 5.91. The van der Waals surface area contributed by atoms with Crippen LogP contribution in [-0.2, 0) is 6.54 Å². The van der Waals surface area contributed by atoms with E-state index in [-0.39, 0.29) is 23.8 Å². The maximum atomic E-state index is 13.4. The zero-order valence-electron chi connectivity index (χ0n) is 17.8. The van der Waals surface area contributed by atoms with Crippen LogP contribution in [0.15, 0.2) is 48.5 Å². The second kappa shape index (κ2) is 8.60. The summed E-state index contributed by atoms with van der Waals surface area (Å²) in [6.07, 6.45) is -4.28. The number of likely N-dealkylation sites (N-methyl/N-ethyl adjacent to an activating group) is 1. The highest BCUT2D eigenvalue weighted by Crippen LogP contribution is 2.31. The van der Waals surface area contributed by atoms with E-state index in [0.29, 0.717) is 25.2 Å². The SMILES string of the molecule is CC(=O)c1cc(-c2ccc(F)cc2)c2ccc(CN3CCN(C)C(C(F)(F)F)C3)cc2n1. The number of carbonyl (C=O) groups is 1. The van der Waals surface area contributed by atoms with Crippen LogP contribution in [-0.4, -0.2) is 59.5 Å². The predicted octanol–water partition coefficient (Wildman–Crippen LogP) is 4.92. The molecule has 168 valence electrons. The number of aromatic nitrogens is 1. The summed E-state index contributed by atoms with van der Waals surface area (Å²) < 4.78 is 53.4. The lowest BCUT2D eigenvalue weighted by molar-refractivity contribution is -0.193. The summed E-state index contributed by atoms with van der Waals surface area (Å²) in [5, 5.41) is 0.789. The van der Waals surface area contributed by atoms with Crippen LogP contribution in [0, 0.1) is 5.82 Å². The van der Waals surface area contributed by atoms with Crippen LogP contribution in [0.5, 0.6) is 0 Å². The lowest BCUT2D eigenvalue weighted by atomic mass is 9.98. The normalized spacial score (nSPS) is 18.2. The number of benzene rings is 2. The molecule has 1 fully saturated rings. The average molecular weight is 445 g/mol. The largest absolute Gasteiger partial charge is 0.405 e. The summed E-state index contributed by atoms with van der Waals surface area (Å²) in [5.74, 6) is -0.557. The van der Waals surface area contributed by atoms with Crippen LogP contribution in [0.2, 0.25) is 0 Å². The van der Waals surface area contributed by atoms with Gasteiger partial charge in [0.15, 0.2) is 5.78 Å². The molecule has 4 nitrogen and oxygen atoms in total. The number of fused-ring (bicyclic) bond motifs is 1. The molecule has 0 spiro atoms. The van der Waals surface area contributed by atoms with E-state index in [2.05, 4.69) is 4.98 Å². The lowest BCUT2D eigenvalue weighted by Gasteiger charge is -2.40. The lowest BCUT2D eigenvalue weighted by Crippen LogP contribution is -2.57. The van der Waals surface area contributed by atoms with Gasteiger partial charge in [-0.05, 0) is 48.0 Å². The van der Waals surface area contributed by atoms with Crippen LogP contribution in [0.25, 0.3) is 22.0 Å². The molecule has 0 saturated carbocycles. The van der Waals surface area contributed by atoms with Crippen LogP contribution in [0.1, 0.15) is 23.0 Å². The number of piperazine rings is 1. The molecule has 1 unspecified atom stereocenters. The molecule has 2 aromatic carbocycles. The molecule has 32 heavy (non-hydrogen) atoms. The van der Waals surface area contributed by atoms with Crippen molar-refractivity contribution in [2.75, 3.05) is 26.7 Å². The van der Waals surface area contributed by atoms with E-state index in [0.717, 1.165) is 22.1 Å². The van der Waals surface area contributed by atoms with Crippen molar-refractivity contribution >= 4 is 16.7 Å². The summed E-state index contributed by atoms with van der Waals surface area (Å²) in [6, 6.07) is 11.7. The Balaban J connectivity index is 1.68. The van der Waals surface area contributed by atoms with Crippen LogP contribution in [0.4, 0.5) is 17.6 Å². The molecule has 1 atom stereocenters. The molecule has 4 rings (SSSR count). The highest BCUT2D eigenvalue weighted by Gasteiger charge is 2.44. The highest BCUT2D eigenvalue weighted by molar-refractivity contribution is 6.01. The van der Waals surface area contributed by atoms with Crippen molar-refractivity contribution in [1.29, 1.82) is 0 Å². The Hall–Kier alpha value is -2.84. The minimum Gasteiger partial charge on any atom is -0.296 e. The quantitative estimate of drug-likeness (QED) is 0.422. The first-order valence-electron chi connectivity index (χ1n) is 10.3. The standard InChI is InChI=1S/C24H23F4N3O/c1-15(32)21-12-20(17-4-6-18(25)7-5-17)19-8-3-16(11-22(19)29-21)13-31-10-9-30(2)23(14-31)24(26,27)28/h3-8,11-12,23H,9-10,13-14H2,1-2H3. The maximum Gasteiger partial charge on any atom is 0.405 e. The number of carbonyl (C=O) groups excluding carboxylic acids is 1. The molecule has 0 N–H and O–H groups in total. The third kappa shape index (κ3) is 4.66. The number of halogens is 4. The number of Topliss-reactive ketones (excluding diaryl/α,β-unsaturated/α-hetero) is 1. The van der Waals surface area contributed by atoms with E-state index in [9.17, 15) is 22.4 Å². The smallest absolute Gasteiger partial charge is 0.296 e. The van der Waals surface area contributed by atoms with Gasteiger partial charge in [0.05, 0.1) is 5.52 Å². The van der Waals surface area contributed by atoms with Crippen molar-refractivity contribution in [1.82, 2.24) is 14.8 Å². The van der Waals surface area contributed by atoms with Gasteiger partial charge in [0.25, 0.3) is 0 Å². The Morgan fingerprint density at radius 1 is 1.09 bits per heavy atom. The molecule has 0 bridgehead atoms. The van der Waals surface area contributed by atoms with Gasteiger partial charge in [0.1, 0.15) is 17.6 Å². The van der Waals surface area contributed by atoms with E-state index < -0.39 is 12.2 Å². The molecule has 1 aliphatic heterocycles. The molecule has 0 amide bonds. The van der Waals surface area contributed by atoms with Gasteiger partial charge in [-0.1, -0.05) is 24.3 Å². The van der Waals surface area contributed by atoms with Crippen molar-refractivity contribution < 1.29 is 22.4 Å². The van der Waals surface area contributed by atoms with Gasteiger partial charge in [0.2, 0.25) is 0 Å². The summed E-state index contributed by atoms with van der Waals surface area (Å²) >= 11 is 0. The molecule has 2 heterocycles. The van der Waals surface area contributed by atoms with Crippen molar-refractivity contribution in [3.8, 4) is 11.1 Å². The number of rotatable bonds is 4. The molecule has 1 saturated heterocycles. The summed E-state index contributed by atoms with van der Waals surface area (Å²) in [5.41, 5.74) is 3.19. The fraction of sp³-hybridized carbons (Fsp3) is 0.333. The fourth-order valence-corrected chi connectivity index (χ4v) is 4.11. The Morgan fingerprint density at radius 3 is 2.47 bits per heavy atom. The molecular weight excluding hydrogens is 422 g/mol. The van der Waals surface area contributed by atoms with E-state index in [1.807, 2.05) is 18.2 Å². The summed E-state index contributed by atoms with van der Waals surface area (Å²) in [6.45, 7) is 2.55. The zero-order chi connectivity index (χ0) is 23.0. The maximum absolute atomic E-state index is 13.4. The van der Waals surface area contributed by atoms with Gasteiger partial charge in [-0.25, -0.2) is 9.37 Å². The number of alkyl halides is 3. The Morgan fingerprint density at radius 2 is 1.81 bits per heavy atom. The number of nitrogens with zero attached hydrogens (tertiary/aromatic N) is 3. The molecule has 0 aliphatic carbocycles. The molecule has 1 aromatic heterocycles.